The van der Waals surface area contributed by atoms with Gasteiger partial charge in [0.05, 0.1) is 11.8 Å². The monoisotopic (exact) mass is 416 g/mol. The Bertz CT molecular complexity index is 950. The van der Waals surface area contributed by atoms with Gasteiger partial charge in [-0.2, -0.15) is 5.10 Å². The zero-order valence-corrected chi connectivity index (χ0v) is 15.6. The van der Waals surface area contributed by atoms with Gasteiger partial charge in [-0.3, -0.25) is 4.79 Å². The van der Waals surface area contributed by atoms with Crippen LogP contribution in [0.3, 0.4) is 0 Å². The molecule has 0 saturated heterocycles. The summed E-state index contributed by atoms with van der Waals surface area (Å²) in [5.41, 5.74) is 4.87. The highest BCUT2D eigenvalue weighted by Gasteiger charge is 2.08. The van der Waals surface area contributed by atoms with Crippen LogP contribution >= 0.6 is 27.5 Å². The van der Waals surface area contributed by atoms with E-state index in [2.05, 4.69) is 26.5 Å². The zero-order valence-electron chi connectivity index (χ0n) is 13.3. The number of halogens is 2. The van der Waals surface area contributed by atoms with Crippen molar-refractivity contribution in [3.05, 3.63) is 81.0 Å². The van der Waals surface area contributed by atoms with E-state index in [1.54, 1.807) is 24.3 Å². The first-order valence-electron chi connectivity index (χ1n) is 7.49. The number of hydrogen-bond donors (Lipinski definition) is 1. The number of furan rings is 1. The Labute approximate surface area is 158 Å². The fourth-order valence-electron chi connectivity index (χ4n) is 2.18. The van der Waals surface area contributed by atoms with Crippen LogP contribution in [0.1, 0.15) is 21.7 Å². The van der Waals surface area contributed by atoms with E-state index in [1.807, 2.05) is 37.3 Å². The van der Waals surface area contributed by atoms with E-state index in [-0.39, 0.29) is 5.91 Å². The van der Waals surface area contributed by atoms with Gasteiger partial charge >= 0.3 is 0 Å². The molecule has 0 spiro atoms. The van der Waals surface area contributed by atoms with E-state index in [4.69, 9.17) is 16.0 Å². The van der Waals surface area contributed by atoms with Gasteiger partial charge < -0.3 is 4.42 Å². The van der Waals surface area contributed by atoms with Gasteiger partial charge in [0.2, 0.25) is 0 Å². The van der Waals surface area contributed by atoms with Crippen molar-refractivity contribution in [1.29, 1.82) is 0 Å². The predicted octanol–water partition coefficient (Wildman–Crippen LogP) is 5.43. The Hall–Kier alpha value is -2.37. The number of nitrogens with zero attached hydrogens (tertiary/aromatic N) is 1. The number of aryl methyl sites for hydroxylation is 1. The van der Waals surface area contributed by atoms with Crippen LogP contribution in [0, 0.1) is 6.92 Å². The zero-order chi connectivity index (χ0) is 17.8. The second-order valence-electron chi connectivity index (χ2n) is 5.34. The van der Waals surface area contributed by atoms with E-state index in [9.17, 15) is 4.79 Å². The van der Waals surface area contributed by atoms with Crippen LogP contribution in [-0.4, -0.2) is 12.1 Å². The Kier molecular flexibility index (Phi) is 5.36. The number of rotatable bonds is 4. The van der Waals surface area contributed by atoms with Crippen LogP contribution in [-0.2, 0) is 0 Å². The van der Waals surface area contributed by atoms with E-state index in [0.717, 1.165) is 11.1 Å². The van der Waals surface area contributed by atoms with Crippen LogP contribution in [0.25, 0.3) is 11.3 Å². The third-order valence-corrected chi connectivity index (χ3v) is 4.66. The number of hydrogen-bond acceptors (Lipinski definition) is 3. The van der Waals surface area contributed by atoms with Gasteiger partial charge in [0.15, 0.2) is 0 Å². The van der Waals surface area contributed by atoms with Gasteiger partial charge in [-0.25, -0.2) is 5.43 Å². The minimum Gasteiger partial charge on any atom is -0.455 e. The molecule has 0 saturated carbocycles. The summed E-state index contributed by atoms with van der Waals surface area (Å²) in [5.74, 6) is 0.903. The Morgan fingerprint density at radius 1 is 1.20 bits per heavy atom. The van der Waals surface area contributed by atoms with Crippen molar-refractivity contribution in [2.24, 2.45) is 5.10 Å². The van der Waals surface area contributed by atoms with Gasteiger partial charge in [-0.1, -0.05) is 35.9 Å². The van der Waals surface area contributed by atoms with Crippen LogP contribution in [0.5, 0.6) is 0 Å². The molecule has 6 heteroatoms. The number of carbonyl (C=O) groups excluding carboxylic acids is 1. The molecule has 25 heavy (non-hydrogen) atoms. The summed E-state index contributed by atoms with van der Waals surface area (Å²) in [6.07, 6.45) is 1.45. The molecule has 1 N–H and O–H groups in total. The first-order valence-corrected chi connectivity index (χ1v) is 8.66. The second-order valence-corrected chi connectivity index (χ2v) is 6.61. The van der Waals surface area contributed by atoms with Gasteiger partial charge in [0.25, 0.3) is 5.91 Å². The lowest BCUT2D eigenvalue weighted by atomic mass is 10.1. The van der Waals surface area contributed by atoms with E-state index >= 15 is 0 Å². The Morgan fingerprint density at radius 3 is 2.76 bits per heavy atom. The quantitative estimate of drug-likeness (QED) is 0.454. The number of hydrazone groups is 1. The highest BCUT2D eigenvalue weighted by molar-refractivity contribution is 9.10. The maximum atomic E-state index is 12.1. The summed E-state index contributed by atoms with van der Waals surface area (Å²) in [7, 11) is 0. The van der Waals surface area contributed by atoms with E-state index < -0.39 is 0 Å². The number of carbonyl (C=O) groups is 1. The molecule has 1 aromatic heterocycles. The summed E-state index contributed by atoms with van der Waals surface area (Å²) in [4.78, 5) is 12.1. The molecule has 4 nitrogen and oxygen atoms in total. The van der Waals surface area contributed by atoms with Gasteiger partial charge in [-0.05, 0) is 58.7 Å². The largest absolute Gasteiger partial charge is 0.455 e. The topological polar surface area (TPSA) is 54.6 Å². The number of amides is 1. The summed E-state index contributed by atoms with van der Waals surface area (Å²) in [6, 6.07) is 16.5. The molecule has 3 rings (SSSR count). The van der Waals surface area contributed by atoms with Crippen molar-refractivity contribution in [3.63, 3.8) is 0 Å². The lowest BCUT2D eigenvalue weighted by Crippen LogP contribution is -2.17. The van der Waals surface area contributed by atoms with Crippen molar-refractivity contribution < 1.29 is 9.21 Å². The summed E-state index contributed by atoms with van der Waals surface area (Å²) >= 11 is 9.47. The first-order chi connectivity index (χ1) is 12.0. The van der Waals surface area contributed by atoms with Crippen LogP contribution in [0.4, 0.5) is 0 Å². The molecule has 0 atom stereocenters. The van der Waals surface area contributed by atoms with Crippen molar-refractivity contribution in [1.82, 2.24) is 5.43 Å². The third kappa shape index (κ3) is 4.18. The Morgan fingerprint density at radius 2 is 2.00 bits per heavy atom. The molecular formula is C19H14BrClN2O2. The molecule has 0 aliphatic rings. The minimum absolute atomic E-state index is 0.305. The molecule has 0 fully saturated rings. The van der Waals surface area contributed by atoms with Crippen molar-refractivity contribution in [3.8, 4) is 11.3 Å². The molecule has 0 unspecified atom stereocenters. The average molecular weight is 418 g/mol. The van der Waals surface area contributed by atoms with E-state index in [0.29, 0.717) is 26.6 Å². The highest BCUT2D eigenvalue weighted by Crippen LogP contribution is 2.26. The molecule has 0 radical (unpaired) electrons. The normalized spacial score (nSPS) is 11.0. The SMILES string of the molecule is Cc1ccc(-c2ccc(/C=N/NC(=O)c3ccccc3Br)o2)cc1Cl. The lowest BCUT2D eigenvalue weighted by molar-refractivity contribution is 0.0954. The molecule has 0 aliphatic heterocycles. The molecular weight excluding hydrogens is 404 g/mol. The standard InChI is InChI=1S/C19H14BrClN2O2/c1-12-6-7-13(10-17(12)21)18-9-8-14(25-18)11-22-23-19(24)15-4-2-3-5-16(15)20/h2-11H,1H3,(H,23,24)/b22-11+. The predicted molar refractivity (Wildman–Crippen MR) is 103 cm³/mol. The maximum absolute atomic E-state index is 12.1. The molecule has 2 aromatic carbocycles. The summed E-state index contributed by atoms with van der Waals surface area (Å²) in [5, 5.41) is 4.62. The molecule has 1 amide bonds. The smallest absolute Gasteiger partial charge is 0.272 e. The molecule has 126 valence electrons. The Balaban J connectivity index is 1.69. The number of benzene rings is 2. The fraction of sp³-hybridized carbons (Fsp3) is 0.0526. The molecule has 1 heterocycles. The first kappa shape index (κ1) is 17.5. The summed E-state index contributed by atoms with van der Waals surface area (Å²) < 4.78 is 6.41. The lowest BCUT2D eigenvalue weighted by Gasteiger charge is -2.01. The molecule has 0 aliphatic carbocycles. The third-order valence-electron chi connectivity index (χ3n) is 3.56. The van der Waals surface area contributed by atoms with Gasteiger partial charge in [0, 0.05) is 15.1 Å². The van der Waals surface area contributed by atoms with Gasteiger partial charge in [0.1, 0.15) is 11.5 Å². The van der Waals surface area contributed by atoms with Crippen molar-refractivity contribution >= 4 is 39.7 Å². The maximum Gasteiger partial charge on any atom is 0.272 e. The van der Waals surface area contributed by atoms with Crippen molar-refractivity contribution in [2.45, 2.75) is 6.92 Å². The van der Waals surface area contributed by atoms with Crippen molar-refractivity contribution in [2.75, 3.05) is 0 Å². The molecule has 0 bridgehead atoms. The second kappa shape index (κ2) is 7.68. The van der Waals surface area contributed by atoms with Crippen LogP contribution in [0.2, 0.25) is 5.02 Å². The van der Waals surface area contributed by atoms with E-state index in [1.165, 1.54) is 6.21 Å². The fourth-order valence-corrected chi connectivity index (χ4v) is 2.83. The van der Waals surface area contributed by atoms with Gasteiger partial charge in [-0.15, -0.1) is 0 Å². The summed E-state index contributed by atoms with van der Waals surface area (Å²) in [6.45, 7) is 1.94. The highest BCUT2D eigenvalue weighted by atomic mass is 79.9. The van der Waals surface area contributed by atoms with Crippen LogP contribution < -0.4 is 5.43 Å². The average Bonchev–Trinajstić information content (AvgIpc) is 3.06. The van der Waals surface area contributed by atoms with Crippen LogP contribution in [0.15, 0.2) is 68.6 Å². The molecule has 3 aromatic rings. The number of nitrogens with one attached hydrogen (secondary N) is 1. The minimum atomic E-state index is -0.305.